The molecule has 4 rings (SSSR count). The van der Waals surface area contributed by atoms with E-state index in [0.29, 0.717) is 0 Å². The van der Waals surface area contributed by atoms with Gasteiger partial charge in [-0.25, -0.2) is 4.98 Å². The molecule has 0 aliphatic carbocycles. The van der Waals surface area contributed by atoms with Crippen LogP contribution in [-0.4, -0.2) is 9.38 Å². The molecule has 124 valence electrons. The maximum atomic E-state index is 4.92. The first-order valence-electron chi connectivity index (χ1n) is 8.39. The Morgan fingerprint density at radius 3 is 2.44 bits per heavy atom. The summed E-state index contributed by atoms with van der Waals surface area (Å²) < 4.78 is 3.30. The molecule has 0 saturated heterocycles. The lowest BCUT2D eigenvalue weighted by Crippen LogP contribution is -1.97. The molecule has 2 heterocycles. The van der Waals surface area contributed by atoms with Crippen LogP contribution < -0.4 is 0 Å². The van der Waals surface area contributed by atoms with Gasteiger partial charge in [-0.3, -0.25) is 0 Å². The van der Waals surface area contributed by atoms with Gasteiger partial charge >= 0.3 is 0 Å². The fourth-order valence-electron chi connectivity index (χ4n) is 3.13. The number of aromatic nitrogens is 2. The number of rotatable bonds is 3. The Labute approximate surface area is 156 Å². The molecule has 0 N–H and O–H groups in total. The largest absolute Gasteiger partial charge is 0.303 e. The van der Waals surface area contributed by atoms with Gasteiger partial charge in [-0.2, -0.15) is 0 Å². The Kier molecular flexibility index (Phi) is 4.18. The maximum absolute atomic E-state index is 4.92. The van der Waals surface area contributed by atoms with Crippen molar-refractivity contribution >= 4 is 21.6 Å². The molecular formula is C22H19BrN2. The fraction of sp³-hybridized carbons (Fsp3) is 0.136. The van der Waals surface area contributed by atoms with Gasteiger partial charge in [-0.15, -0.1) is 0 Å². The van der Waals surface area contributed by atoms with E-state index >= 15 is 0 Å². The van der Waals surface area contributed by atoms with Gasteiger partial charge in [0.25, 0.3) is 0 Å². The molecule has 0 bridgehead atoms. The molecule has 0 amide bonds. The molecule has 3 heteroatoms. The fourth-order valence-corrected chi connectivity index (χ4v) is 3.53. The van der Waals surface area contributed by atoms with Crippen LogP contribution in [0.1, 0.15) is 22.4 Å². The summed E-state index contributed by atoms with van der Waals surface area (Å²) >= 11 is 3.58. The summed E-state index contributed by atoms with van der Waals surface area (Å²) in [4.78, 5) is 4.92. The van der Waals surface area contributed by atoms with E-state index in [1.165, 1.54) is 22.4 Å². The van der Waals surface area contributed by atoms with E-state index in [4.69, 9.17) is 4.98 Å². The van der Waals surface area contributed by atoms with Gasteiger partial charge in [-0.1, -0.05) is 64.0 Å². The Hall–Kier alpha value is -2.39. The number of imidazole rings is 1. The normalized spacial score (nSPS) is 11.2. The van der Waals surface area contributed by atoms with Crippen molar-refractivity contribution in [1.82, 2.24) is 9.38 Å². The molecular weight excluding hydrogens is 372 g/mol. The highest BCUT2D eigenvalue weighted by atomic mass is 79.9. The van der Waals surface area contributed by atoms with Crippen LogP contribution in [0, 0.1) is 13.8 Å². The van der Waals surface area contributed by atoms with Gasteiger partial charge in [0.1, 0.15) is 5.65 Å². The Balaban J connectivity index is 1.91. The van der Waals surface area contributed by atoms with Crippen molar-refractivity contribution in [2.24, 2.45) is 0 Å². The summed E-state index contributed by atoms with van der Waals surface area (Å²) in [5.41, 5.74) is 8.21. The van der Waals surface area contributed by atoms with E-state index < -0.39 is 0 Å². The van der Waals surface area contributed by atoms with Crippen LogP contribution in [0.15, 0.2) is 71.3 Å². The number of benzene rings is 2. The lowest BCUT2D eigenvalue weighted by molar-refractivity contribution is 1.02. The number of fused-ring (bicyclic) bond motifs is 1. The maximum Gasteiger partial charge on any atom is 0.137 e. The second kappa shape index (κ2) is 6.49. The minimum Gasteiger partial charge on any atom is -0.303 e. The van der Waals surface area contributed by atoms with Crippen LogP contribution in [0.25, 0.3) is 16.9 Å². The van der Waals surface area contributed by atoms with Crippen molar-refractivity contribution in [3.8, 4) is 11.3 Å². The van der Waals surface area contributed by atoms with Gasteiger partial charge in [-0.05, 0) is 43.2 Å². The molecule has 0 saturated carbocycles. The topological polar surface area (TPSA) is 17.3 Å². The van der Waals surface area contributed by atoms with Crippen LogP contribution in [0.5, 0.6) is 0 Å². The first kappa shape index (κ1) is 16.1. The average Bonchev–Trinajstić information content (AvgIpc) is 2.95. The zero-order valence-corrected chi connectivity index (χ0v) is 15.9. The van der Waals surface area contributed by atoms with Crippen LogP contribution in [0.3, 0.4) is 0 Å². The minimum absolute atomic E-state index is 0.854. The van der Waals surface area contributed by atoms with E-state index in [1.807, 2.05) is 6.07 Å². The Morgan fingerprint density at radius 1 is 0.920 bits per heavy atom. The van der Waals surface area contributed by atoms with Gasteiger partial charge in [0.05, 0.1) is 11.4 Å². The van der Waals surface area contributed by atoms with Crippen molar-refractivity contribution in [3.63, 3.8) is 0 Å². The standard InChI is InChI=1S/C22H19BrN2/c1-15-6-9-17(10-7-15)12-20-22(18-4-3-5-19(23)13-18)24-21-11-8-16(2)14-25(20)21/h3-11,13-14H,12H2,1-2H3. The van der Waals surface area contributed by atoms with Crippen LogP contribution in [-0.2, 0) is 6.42 Å². The molecule has 0 radical (unpaired) electrons. The highest BCUT2D eigenvalue weighted by Crippen LogP contribution is 2.29. The summed E-state index contributed by atoms with van der Waals surface area (Å²) in [6, 6.07) is 21.3. The predicted molar refractivity (Wildman–Crippen MR) is 107 cm³/mol. The van der Waals surface area contributed by atoms with Crippen LogP contribution in [0.2, 0.25) is 0 Å². The molecule has 2 nitrogen and oxygen atoms in total. The van der Waals surface area contributed by atoms with Gasteiger partial charge in [0.15, 0.2) is 0 Å². The quantitative estimate of drug-likeness (QED) is 0.421. The lowest BCUT2D eigenvalue weighted by Gasteiger charge is -2.07. The molecule has 2 aromatic heterocycles. The van der Waals surface area contributed by atoms with Crippen molar-refractivity contribution in [3.05, 3.63) is 93.7 Å². The first-order chi connectivity index (χ1) is 12.1. The zero-order chi connectivity index (χ0) is 17.4. The van der Waals surface area contributed by atoms with Crippen molar-refractivity contribution in [1.29, 1.82) is 0 Å². The summed E-state index contributed by atoms with van der Waals surface area (Å²) in [6.45, 7) is 4.24. The third-order valence-corrected chi connectivity index (χ3v) is 4.95. The van der Waals surface area contributed by atoms with E-state index in [9.17, 15) is 0 Å². The van der Waals surface area contributed by atoms with Crippen molar-refractivity contribution in [2.75, 3.05) is 0 Å². The van der Waals surface area contributed by atoms with Gasteiger partial charge in [0, 0.05) is 22.7 Å². The molecule has 0 fully saturated rings. The highest BCUT2D eigenvalue weighted by molar-refractivity contribution is 9.10. The molecule has 0 aliphatic rings. The third kappa shape index (κ3) is 3.24. The Bertz CT molecular complexity index is 1050. The van der Waals surface area contributed by atoms with Crippen molar-refractivity contribution in [2.45, 2.75) is 20.3 Å². The molecule has 0 unspecified atom stereocenters. The molecule has 0 atom stereocenters. The number of halogens is 1. The van der Waals surface area contributed by atoms with E-state index in [0.717, 1.165) is 27.8 Å². The SMILES string of the molecule is Cc1ccc(Cc2c(-c3cccc(Br)c3)nc3ccc(C)cn23)cc1. The monoisotopic (exact) mass is 390 g/mol. The first-order valence-corrected chi connectivity index (χ1v) is 9.18. The van der Waals surface area contributed by atoms with E-state index in [1.54, 1.807) is 0 Å². The molecule has 4 aromatic rings. The van der Waals surface area contributed by atoms with E-state index in [2.05, 4.69) is 95.0 Å². The number of hydrogen-bond donors (Lipinski definition) is 0. The van der Waals surface area contributed by atoms with Crippen molar-refractivity contribution < 1.29 is 0 Å². The minimum atomic E-state index is 0.854. The smallest absolute Gasteiger partial charge is 0.137 e. The predicted octanol–water partition coefficient (Wildman–Crippen LogP) is 5.97. The van der Waals surface area contributed by atoms with Crippen LogP contribution >= 0.6 is 15.9 Å². The Morgan fingerprint density at radius 2 is 1.68 bits per heavy atom. The summed E-state index contributed by atoms with van der Waals surface area (Å²) in [5.74, 6) is 0. The second-order valence-corrected chi connectivity index (χ2v) is 7.43. The second-order valence-electron chi connectivity index (χ2n) is 6.51. The van der Waals surface area contributed by atoms with Gasteiger partial charge in [0.2, 0.25) is 0 Å². The molecule has 2 aromatic carbocycles. The zero-order valence-electron chi connectivity index (χ0n) is 14.3. The molecule has 0 aliphatic heterocycles. The number of nitrogens with zero attached hydrogens (tertiary/aromatic N) is 2. The highest BCUT2D eigenvalue weighted by Gasteiger charge is 2.15. The van der Waals surface area contributed by atoms with Crippen LogP contribution in [0.4, 0.5) is 0 Å². The summed E-state index contributed by atoms with van der Waals surface area (Å²) in [5, 5.41) is 0. The lowest BCUT2D eigenvalue weighted by atomic mass is 10.0. The van der Waals surface area contributed by atoms with E-state index in [-0.39, 0.29) is 0 Å². The van der Waals surface area contributed by atoms with Gasteiger partial charge < -0.3 is 4.40 Å². The number of hydrogen-bond acceptors (Lipinski definition) is 1. The number of aryl methyl sites for hydroxylation is 2. The molecule has 0 spiro atoms. The molecule has 25 heavy (non-hydrogen) atoms. The third-order valence-electron chi connectivity index (χ3n) is 4.46. The summed E-state index contributed by atoms with van der Waals surface area (Å²) in [6.07, 6.45) is 3.03. The number of pyridine rings is 1. The summed E-state index contributed by atoms with van der Waals surface area (Å²) in [7, 11) is 0. The average molecular weight is 391 g/mol.